The lowest BCUT2D eigenvalue weighted by molar-refractivity contribution is -0.135. The third kappa shape index (κ3) is 3.31. The van der Waals surface area contributed by atoms with Crippen molar-refractivity contribution in [2.45, 2.75) is 30.8 Å². The molecular weight excluding hydrogens is 334 g/mol. The SMILES string of the molecule is O=C1OCC2(CCN(C(=O)CC(c3ccccc3)c3ccco3)CC2)O1. The molecule has 136 valence electrons. The van der Waals surface area contributed by atoms with E-state index in [-0.39, 0.29) is 18.4 Å². The lowest BCUT2D eigenvalue weighted by atomic mass is 9.90. The van der Waals surface area contributed by atoms with Gasteiger partial charge in [-0.2, -0.15) is 0 Å². The van der Waals surface area contributed by atoms with Gasteiger partial charge in [-0.25, -0.2) is 4.79 Å². The highest BCUT2D eigenvalue weighted by molar-refractivity contribution is 5.78. The quantitative estimate of drug-likeness (QED) is 0.787. The summed E-state index contributed by atoms with van der Waals surface area (Å²) in [7, 11) is 0. The van der Waals surface area contributed by atoms with E-state index in [1.807, 2.05) is 47.4 Å². The van der Waals surface area contributed by atoms with Gasteiger partial charge in [0.1, 0.15) is 12.4 Å². The second-order valence-electron chi connectivity index (χ2n) is 6.89. The van der Waals surface area contributed by atoms with Crippen LogP contribution in [0.3, 0.4) is 0 Å². The second kappa shape index (κ2) is 6.86. The van der Waals surface area contributed by atoms with E-state index in [1.165, 1.54) is 0 Å². The first-order chi connectivity index (χ1) is 12.7. The Hall–Kier alpha value is -2.76. The zero-order valence-corrected chi connectivity index (χ0v) is 14.4. The maximum atomic E-state index is 12.9. The van der Waals surface area contributed by atoms with E-state index in [0.717, 1.165) is 11.3 Å². The number of ether oxygens (including phenoxy) is 2. The first-order valence-electron chi connectivity index (χ1n) is 8.87. The average Bonchev–Trinajstić information content (AvgIpc) is 3.31. The van der Waals surface area contributed by atoms with E-state index >= 15 is 0 Å². The number of furan rings is 1. The normalized spacial score (nSPS) is 19.8. The minimum atomic E-state index is -0.605. The molecule has 4 rings (SSSR count). The zero-order chi connectivity index (χ0) is 18.0. The highest BCUT2D eigenvalue weighted by Gasteiger charge is 2.45. The van der Waals surface area contributed by atoms with Crippen LogP contribution in [0.25, 0.3) is 0 Å². The number of amides is 1. The van der Waals surface area contributed by atoms with Gasteiger partial charge in [0.2, 0.25) is 5.91 Å². The molecule has 0 saturated carbocycles. The van der Waals surface area contributed by atoms with Gasteiger partial charge in [0.25, 0.3) is 0 Å². The van der Waals surface area contributed by atoms with Gasteiger partial charge in [0.05, 0.1) is 12.2 Å². The molecule has 0 N–H and O–H groups in total. The van der Waals surface area contributed by atoms with Gasteiger partial charge in [0.15, 0.2) is 5.60 Å². The monoisotopic (exact) mass is 355 g/mol. The number of nitrogens with zero attached hydrogens (tertiary/aromatic N) is 1. The third-order valence-electron chi connectivity index (χ3n) is 5.25. The third-order valence-corrected chi connectivity index (χ3v) is 5.25. The van der Waals surface area contributed by atoms with Crippen LogP contribution in [0.15, 0.2) is 53.1 Å². The fraction of sp³-hybridized carbons (Fsp3) is 0.400. The van der Waals surface area contributed by atoms with Crippen LogP contribution in [-0.2, 0) is 14.3 Å². The minimum absolute atomic E-state index is 0.0790. The maximum absolute atomic E-state index is 12.9. The van der Waals surface area contributed by atoms with Gasteiger partial charge < -0.3 is 18.8 Å². The molecule has 0 radical (unpaired) electrons. The van der Waals surface area contributed by atoms with E-state index in [0.29, 0.717) is 32.4 Å². The molecule has 1 amide bonds. The van der Waals surface area contributed by atoms with Crippen molar-refractivity contribution < 1.29 is 23.5 Å². The predicted octanol–water partition coefficient (Wildman–Crippen LogP) is 3.33. The van der Waals surface area contributed by atoms with E-state index in [2.05, 4.69) is 0 Å². The molecule has 2 aliphatic heterocycles. The minimum Gasteiger partial charge on any atom is -0.469 e. The molecule has 2 aromatic rings. The number of hydrogen-bond donors (Lipinski definition) is 0. The number of carbonyl (C=O) groups is 2. The lowest BCUT2D eigenvalue weighted by Crippen LogP contribution is -2.48. The molecule has 1 unspecified atom stereocenters. The van der Waals surface area contributed by atoms with Crippen molar-refractivity contribution in [3.8, 4) is 0 Å². The van der Waals surface area contributed by atoms with Crippen LogP contribution in [0.1, 0.15) is 36.5 Å². The Morgan fingerprint density at radius 3 is 2.50 bits per heavy atom. The predicted molar refractivity (Wildman–Crippen MR) is 92.6 cm³/mol. The summed E-state index contributed by atoms with van der Waals surface area (Å²) in [5.41, 5.74) is 0.510. The van der Waals surface area contributed by atoms with Crippen LogP contribution >= 0.6 is 0 Å². The summed E-state index contributed by atoms with van der Waals surface area (Å²) in [5, 5.41) is 0. The summed E-state index contributed by atoms with van der Waals surface area (Å²) >= 11 is 0. The Kier molecular flexibility index (Phi) is 4.41. The molecule has 1 atom stereocenters. The van der Waals surface area contributed by atoms with Gasteiger partial charge in [-0.05, 0) is 17.7 Å². The molecule has 6 nitrogen and oxygen atoms in total. The topological polar surface area (TPSA) is 69.0 Å². The molecular formula is C20H21NO5. The van der Waals surface area contributed by atoms with Gasteiger partial charge >= 0.3 is 6.16 Å². The molecule has 2 fully saturated rings. The molecule has 1 spiro atoms. The fourth-order valence-corrected chi connectivity index (χ4v) is 3.70. The second-order valence-corrected chi connectivity index (χ2v) is 6.89. The van der Waals surface area contributed by atoms with Crippen LogP contribution in [0.2, 0.25) is 0 Å². The molecule has 3 heterocycles. The number of piperidine rings is 1. The highest BCUT2D eigenvalue weighted by Crippen LogP contribution is 2.33. The van der Waals surface area contributed by atoms with Crippen molar-refractivity contribution in [2.75, 3.05) is 19.7 Å². The molecule has 1 aromatic carbocycles. The zero-order valence-electron chi connectivity index (χ0n) is 14.4. The van der Waals surface area contributed by atoms with Crippen molar-refractivity contribution in [3.05, 3.63) is 60.1 Å². The van der Waals surface area contributed by atoms with Crippen LogP contribution in [0, 0.1) is 0 Å². The molecule has 6 heteroatoms. The molecule has 2 saturated heterocycles. The molecule has 1 aromatic heterocycles. The number of rotatable bonds is 4. The van der Waals surface area contributed by atoms with E-state index in [9.17, 15) is 9.59 Å². The standard InChI is InChI=1S/C20H21NO5/c22-18(21-10-8-20(9-11-21)14-25-19(23)26-20)13-16(17-7-4-12-24-17)15-5-2-1-3-6-15/h1-7,12,16H,8-11,13-14H2. The first kappa shape index (κ1) is 16.7. The van der Waals surface area contributed by atoms with Gasteiger partial charge in [-0.1, -0.05) is 30.3 Å². The number of benzene rings is 1. The van der Waals surface area contributed by atoms with Crippen molar-refractivity contribution in [3.63, 3.8) is 0 Å². The summed E-state index contributed by atoms with van der Waals surface area (Å²) in [6.45, 7) is 1.41. The van der Waals surface area contributed by atoms with Crippen molar-refractivity contribution in [1.29, 1.82) is 0 Å². The lowest BCUT2D eigenvalue weighted by Gasteiger charge is -2.36. The summed E-state index contributed by atoms with van der Waals surface area (Å²) in [6.07, 6.45) is 2.60. The van der Waals surface area contributed by atoms with Crippen LogP contribution in [-0.4, -0.2) is 42.3 Å². The van der Waals surface area contributed by atoms with Crippen LogP contribution in [0.4, 0.5) is 4.79 Å². The summed E-state index contributed by atoms with van der Waals surface area (Å²) in [5.74, 6) is 0.758. The molecule has 0 aliphatic carbocycles. The average molecular weight is 355 g/mol. The van der Waals surface area contributed by atoms with Crippen LogP contribution < -0.4 is 0 Å². The maximum Gasteiger partial charge on any atom is 0.509 e. The molecule has 26 heavy (non-hydrogen) atoms. The smallest absolute Gasteiger partial charge is 0.469 e. The van der Waals surface area contributed by atoms with E-state index in [1.54, 1.807) is 6.26 Å². The number of cyclic esters (lactones) is 1. The molecule has 0 bridgehead atoms. The highest BCUT2D eigenvalue weighted by atomic mass is 16.8. The van der Waals surface area contributed by atoms with Crippen molar-refractivity contribution >= 4 is 12.1 Å². The van der Waals surface area contributed by atoms with Gasteiger partial charge in [0, 0.05) is 32.4 Å². The summed E-state index contributed by atoms with van der Waals surface area (Å²) in [4.78, 5) is 26.0. The fourth-order valence-electron chi connectivity index (χ4n) is 3.70. The largest absolute Gasteiger partial charge is 0.509 e. The summed E-state index contributed by atoms with van der Waals surface area (Å²) < 4.78 is 15.8. The summed E-state index contributed by atoms with van der Waals surface area (Å²) in [6, 6.07) is 13.7. The Morgan fingerprint density at radius 2 is 1.88 bits per heavy atom. The van der Waals surface area contributed by atoms with Crippen LogP contribution in [0.5, 0.6) is 0 Å². The van der Waals surface area contributed by atoms with Gasteiger partial charge in [-0.15, -0.1) is 0 Å². The first-order valence-corrected chi connectivity index (χ1v) is 8.87. The number of carbonyl (C=O) groups excluding carboxylic acids is 2. The van der Waals surface area contributed by atoms with Crippen molar-refractivity contribution in [2.24, 2.45) is 0 Å². The Bertz CT molecular complexity index is 763. The van der Waals surface area contributed by atoms with Crippen molar-refractivity contribution in [1.82, 2.24) is 4.90 Å². The Balaban J connectivity index is 1.44. The van der Waals surface area contributed by atoms with E-state index < -0.39 is 11.8 Å². The number of likely N-dealkylation sites (tertiary alicyclic amines) is 1. The Morgan fingerprint density at radius 1 is 1.12 bits per heavy atom. The Labute approximate surface area is 151 Å². The molecule has 2 aliphatic rings. The number of hydrogen-bond acceptors (Lipinski definition) is 5. The van der Waals surface area contributed by atoms with E-state index in [4.69, 9.17) is 13.9 Å². The van der Waals surface area contributed by atoms with Gasteiger partial charge in [-0.3, -0.25) is 4.79 Å².